The van der Waals surface area contributed by atoms with Crippen LogP contribution in [0.3, 0.4) is 0 Å². The van der Waals surface area contributed by atoms with E-state index in [1.807, 2.05) is 0 Å². The zero-order chi connectivity index (χ0) is 9.10. The lowest BCUT2D eigenvalue weighted by Gasteiger charge is -1.83. The van der Waals surface area contributed by atoms with E-state index in [1.54, 1.807) is 6.20 Å². The average Bonchev–Trinajstić information content (AvgIpc) is 2.70. The summed E-state index contributed by atoms with van der Waals surface area (Å²) in [6.07, 6.45) is 2.21. The van der Waals surface area contributed by atoms with Crippen molar-refractivity contribution in [2.24, 2.45) is 5.73 Å². The van der Waals surface area contributed by atoms with Crippen LogP contribution in [0.2, 0.25) is 0 Å². The average molecular weight is 197 g/mol. The second-order valence-electron chi connectivity index (χ2n) is 2.34. The van der Waals surface area contributed by atoms with Gasteiger partial charge in [0.25, 0.3) is 5.89 Å². The molecule has 0 saturated carbocycles. The second kappa shape index (κ2) is 3.58. The van der Waals surface area contributed by atoms with Crippen LogP contribution in [0.5, 0.6) is 0 Å². The standard InChI is InChI=1S/C6H7N5OS/c7-2-1-5-9-6(12-10-5)4-3-8-11-13-4/h3H,1-2,7H2. The number of aromatic nitrogens is 4. The van der Waals surface area contributed by atoms with E-state index in [0.29, 0.717) is 24.7 Å². The summed E-state index contributed by atoms with van der Waals surface area (Å²) in [4.78, 5) is 4.89. The van der Waals surface area contributed by atoms with Crippen LogP contribution in [0.15, 0.2) is 10.7 Å². The first-order valence-electron chi connectivity index (χ1n) is 3.70. The Labute approximate surface area is 77.9 Å². The lowest BCUT2D eigenvalue weighted by molar-refractivity contribution is 0.423. The van der Waals surface area contributed by atoms with Crippen LogP contribution in [-0.4, -0.2) is 26.3 Å². The van der Waals surface area contributed by atoms with E-state index in [0.717, 1.165) is 4.88 Å². The second-order valence-corrected chi connectivity index (χ2v) is 3.12. The van der Waals surface area contributed by atoms with Crippen molar-refractivity contribution in [2.75, 3.05) is 6.54 Å². The quantitative estimate of drug-likeness (QED) is 0.749. The first-order chi connectivity index (χ1) is 6.40. The minimum absolute atomic E-state index is 0.457. The topological polar surface area (TPSA) is 90.7 Å². The number of rotatable bonds is 3. The van der Waals surface area contributed by atoms with Crippen molar-refractivity contribution >= 4 is 11.5 Å². The van der Waals surface area contributed by atoms with E-state index in [2.05, 4.69) is 19.7 Å². The maximum atomic E-state index is 5.34. The summed E-state index contributed by atoms with van der Waals surface area (Å²) in [6, 6.07) is 0. The first kappa shape index (κ1) is 8.27. The van der Waals surface area contributed by atoms with Gasteiger partial charge in [0, 0.05) is 6.42 Å². The molecular formula is C6H7N5OS. The molecule has 2 aromatic heterocycles. The highest BCUT2D eigenvalue weighted by molar-refractivity contribution is 7.09. The van der Waals surface area contributed by atoms with Crippen molar-refractivity contribution in [3.05, 3.63) is 12.0 Å². The Morgan fingerprint density at radius 3 is 3.15 bits per heavy atom. The van der Waals surface area contributed by atoms with Gasteiger partial charge in [0.05, 0.1) is 6.20 Å². The highest BCUT2D eigenvalue weighted by Crippen LogP contribution is 2.18. The van der Waals surface area contributed by atoms with Crippen molar-refractivity contribution in [3.63, 3.8) is 0 Å². The van der Waals surface area contributed by atoms with Gasteiger partial charge >= 0.3 is 0 Å². The smallest absolute Gasteiger partial charge is 0.271 e. The zero-order valence-corrected chi connectivity index (χ0v) is 7.49. The Balaban J connectivity index is 2.23. The van der Waals surface area contributed by atoms with Gasteiger partial charge < -0.3 is 10.3 Å². The number of hydrogen-bond acceptors (Lipinski definition) is 7. The first-order valence-corrected chi connectivity index (χ1v) is 4.48. The Morgan fingerprint density at radius 1 is 1.54 bits per heavy atom. The molecule has 2 aromatic rings. The maximum absolute atomic E-state index is 5.34. The molecule has 0 aliphatic carbocycles. The molecule has 0 saturated heterocycles. The summed E-state index contributed by atoms with van der Waals surface area (Å²) in [7, 11) is 0. The molecule has 13 heavy (non-hydrogen) atoms. The molecule has 0 aliphatic heterocycles. The van der Waals surface area contributed by atoms with Gasteiger partial charge in [-0.2, -0.15) is 4.98 Å². The molecule has 0 aromatic carbocycles. The van der Waals surface area contributed by atoms with E-state index in [-0.39, 0.29) is 0 Å². The summed E-state index contributed by atoms with van der Waals surface area (Å²) < 4.78 is 8.67. The summed E-state index contributed by atoms with van der Waals surface area (Å²) in [6.45, 7) is 0.514. The molecule has 0 spiro atoms. The molecule has 2 heterocycles. The fraction of sp³-hybridized carbons (Fsp3) is 0.333. The van der Waals surface area contributed by atoms with Gasteiger partial charge in [-0.05, 0) is 18.1 Å². The Kier molecular flexibility index (Phi) is 2.28. The van der Waals surface area contributed by atoms with Crippen molar-refractivity contribution in [1.29, 1.82) is 0 Å². The number of hydrogen-bond donors (Lipinski definition) is 1. The molecular weight excluding hydrogens is 190 g/mol. The minimum atomic E-state index is 0.457. The largest absolute Gasteiger partial charge is 0.333 e. The van der Waals surface area contributed by atoms with Gasteiger partial charge in [-0.25, -0.2) is 0 Å². The third-order valence-electron chi connectivity index (χ3n) is 1.41. The Morgan fingerprint density at radius 2 is 2.46 bits per heavy atom. The number of nitrogens with two attached hydrogens (primary N) is 1. The molecule has 0 amide bonds. The van der Waals surface area contributed by atoms with Crippen molar-refractivity contribution in [2.45, 2.75) is 6.42 Å². The number of nitrogens with zero attached hydrogens (tertiary/aromatic N) is 4. The van der Waals surface area contributed by atoms with Crippen LogP contribution in [0.1, 0.15) is 5.82 Å². The SMILES string of the molecule is NCCc1noc(-c2cnns2)n1. The molecule has 7 heteroatoms. The Hall–Kier alpha value is -1.34. The van der Waals surface area contributed by atoms with E-state index in [1.165, 1.54) is 11.5 Å². The van der Waals surface area contributed by atoms with Crippen LogP contribution in [0.4, 0.5) is 0 Å². The van der Waals surface area contributed by atoms with Crippen molar-refractivity contribution in [3.8, 4) is 10.8 Å². The normalized spacial score (nSPS) is 10.5. The summed E-state index contributed by atoms with van der Waals surface area (Å²) in [5.41, 5.74) is 5.34. The van der Waals surface area contributed by atoms with Crippen molar-refractivity contribution in [1.82, 2.24) is 19.7 Å². The molecule has 0 bridgehead atoms. The minimum Gasteiger partial charge on any atom is -0.333 e. The predicted octanol–water partition coefficient (Wildman–Crippen LogP) is 0.0893. The van der Waals surface area contributed by atoms with Gasteiger partial charge in [0.15, 0.2) is 5.82 Å². The molecule has 0 fully saturated rings. The van der Waals surface area contributed by atoms with Crippen LogP contribution in [0.25, 0.3) is 10.8 Å². The monoisotopic (exact) mass is 197 g/mol. The van der Waals surface area contributed by atoms with Crippen molar-refractivity contribution < 1.29 is 4.52 Å². The summed E-state index contributed by atoms with van der Waals surface area (Å²) in [5, 5.41) is 7.42. The molecule has 0 atom stereocenters. The fourth-order valence-electron chi connectivity index (χ4n) is 0.846. The van der Waals surface area contributed by atoms with E-state index in [9.17, 15) is 0 Å². The van der Waals surface area contributed by atoms with Crippen LogP contribution in [-0.2, 0) is 6.42 Å². The van der Waals surface area contributed by atoms with Crippen LogP contribution in [0, 0.1) is 0 Å². The molecule has 0 radical (unpaired) electrons. The molecule has 2 N–H and O–H groups in total. The van der Waals surface area contributed by atoms with Gasteiger partial charge in [-0.1, -0.05) is 9.64 Å². The van der Waals surface area contributed by atoms with Gasteiger partial charge in [-0.15, -0.1) is 5.10 Å². The zero-order valence-electron chi connectivity index (χ0n) is 6.67. The van der Waals surface area contributed by atoms with Gasteiger partial charge in [0.2, 0.25) is 0 Å². The molecule has 0 unspecified atom stereocenters. The van der Waals surface area contributed by atoms with Gasteiger partial charge in [0.1, 0.15) is 4.88 Å². The highest BCUT2D eigenvalue weighted by Gasteiger charge is 2.09. The summed E-state index contributed by atoms with van der Waals surface area (Å²) >= 11 is 1.22. The van der Waals surface area contributed by atoms with Crippen LogP contribution >= 0.6 is 11.5 Å². The lowest BCUT2D eigenvalue weighted by atomic mass is 10.4. The third-order valence-corrected chi connectivity index (χ3v) is 2.06. The van der Waals surface area contributed by atoms with Gasteiger partial charge in [-0.3, -0.25) is 0 Å². The van der Waals surface area contributed by atoms with E-state index >= 15 is 0 Å². The predicted molar refractivity (Wildman–Crippen MR) is 46.0 cm³/mol. The highest BCUT2D eigenvalue weighted by atomic mass is 32.1. The molecule has 0 aliphatic rings. The maximum Gasteiger partial charge on any atom is 0.271 e. The van der Waals surface area contributed by atoms with E-state index < -0.39 is 0 Å². The third kappa shape index (κ3) is 1.70. The fourth-order valence-corrected chi connectivity index (χ4v) is 1.28. The molecule has 68 valence electrons. The molecule has 2 rings (SSSR count). The summed E-state index contributed by atoms with van der Waals surface area (Å²) in [5.74, 6) is 1.07. The van der Waals surface area contributed by atoms with Crippen LogP contribution < -0.4 is 5.73 Å². The lowest BCUT2D eigenvalue weighted by Crippen LogP contribution is -2.03. The molecule has 6 nitrogen and oxygen atoms in total. The Bertz CT molecular complexity index is 370. The van der Waals surface area contributed by atoms with E-state index in [4.69, 9.17) is 10.3 Å².